The van der Waals surface area contributed by atoms with Crippen LogP contribution in [-0.4, -0.2) is 4.57 Å². The van der Waals surface area contributed by atoms with Crippen LogP contribution in [-0.2, 0) is 5.41 Å². The van der Waals surface area contributed by atoms with E-state index in [9.17, 15) is 0 Å². The van der Waals surface area contributed by atoms with Gasteiger partial charge in [-0.3, -0.25) is 0 Å². The van der Waals surface area contributed by atoms with Crippen molar-refractivity contribution < 1.29 is 0 Å². The maximum absolute atomic E-state index is 3.85. The van der Waals surface area contributed by atoms with Crippen molar-refractivity contribution in [2.45, 2.75) is 83.5 Å². The van der Waals surface area contributed by atoms with E-state index in [-0.39, 0.29) is 5.41 Å². The lowest BCUT2D eigenvalue weighted by atomic mass is 9.70. The first-order valence-electron chi connectivity index (χ1n) is 15.2. The Hall–Kier alpha value is -2.36. The van der Waals surface area contributed by atoms with Crippen molar-refractivity contribution in [3.05, 3.63) is 98.9 Å². The van der Waals surface area contributed by atoms with E-state index in [0.29, 0.717) is 0 Å². The van der Waals surface area contributed by atoms with Gasteiger partial charge in [0.15, 0.2) is 0 Å². The van der Waals surface area contributed by atoms with Gasteiger partial charge in [0.2, 0.25) is 0 Å². The Morgan fingerprint density at radius 2 is 1.18 bits per heavy atom. The lowest BCUT2D eigenvalue weighted by molar-refractivity contribution is 0.401. The molecule has 0 aliphatic heterocycles. The minimum Gasteiger partial charge on any atom is -0.309 e. The zero-order valence-corrected chi connectivity index (χ0v) is 27.0. The van der Waals surface area contributed by atoms with Crippen LogP contribution >= 0.6 is 31.9 Å². The number of nitrogens with zero attached hydrogens (tertiary/aromatic N) is 1. The van der Waals surface area contributed by atoms with E-state index in [1.54, 1.807) is 0 Å². The van der Waals surface area contributed by atoms with Crippen LogP contribution in [0.3, 0.4) is 0 Å². The second-order valence-electron chi connectivity index (χ2n) is 11.6. The Morgan fingerprint density at radius 3 is 1.90 bits per heavy atom. The predicted molar refractivity (Wildman–Crippen MR) is 180 cm³/mol. The van der Waals surface area contributed by atoms with Crippen molar-refractivity contribution >= 4 is 53.7 Å². The second kappa shape index (κ2) is 11.9. The Labute approximate surface area is 256 Å². The van der Waals surface area contributed by atoms with E-state index in [2.05, 4.69) is 129 Å². The number of hydrogen-bond acceptors (Lipinski definition) is 0. The molecule has 1 aliphatic rings. The van der Waals surface area contributed by atoms with E-state index in [4.69, 9.17) is 0 Å². The molecule has 0 fully saturated rings. The van der Waals surface area contributed by atoms with Crippen LogP contribution < -0.4 is 0 Å². The van der Waals surface area contributed by atoms with E-state index in [1.165, 1.54) is 118 Å². The summed E-state index contributed by atoms with van der Waals surface area (Å²) in [6.07, 6.45) is 12.8. The van der Waals surface area contributed by atoms with Crippen LogP contribution in [0.1, 0.15) is 89.2 Å². The Morgan fingerprint density at radius 1 is 0.575 bits per heavy atom. The Bertz CT molecular complexity index is 1650. The average molecular weight is 658 g/mol. The summed E-state index contributed by atoms with van der Waals surface area (Å²) >= 11 is 7.56. The fourth-order valence-corrected chi connectivity index (χ4v) is 7.91. The zero-order valence-electron chi connectivity index (χ0n) is 23.8. The third-order valence-corrected chi connectivity index (χ3v) is 10.1. The molecular formula is C37H39Br2N. The molecule has 40 heavy (non-hydrogen) atoms. The van der Waals surface area contributed by atoms with Crippen LogP contribution in [0.5, 0.6) is 0 Å². The van der Waals surface area contributed by atoms with Gasteiger partial charge in [-0.05, 0) is 83.6 Å². The highest BCUT2D eigenvalue weighted by Crippen LogP contribution is 2.55. The van der Waals surface area contributed by atoms with Gasteiger partial charge in [-0.1, -0.05) is 127 Å². The number of para-hydroxylation sites is 1. The summed E-state index contributed by atoms with van der Waals surface area (Å²) in [6, 6.07) is 29.9. The summed E-state index contributed by atoms with van der Waals surface area (Å²) in [5.74, 6) is 0. The molecule has 0 N–H and O–H groups in total. The lowest BCUT2D eigenvalue weighted by Crippen LogP contribution is -2.26. The molecule has 206 valence electrons. The number of hydrogen-bond donors (Lipinski definition) is 0. The molecule has 0 atom stereocenters. The van der Waals surface area contributed by atoms with Gasteiger partial charge < -0.3 is 4.57 Å². The Balaban J connectivity index is 1.55. The predicted octanol–water partition coefficient (Wildman–Crippen LogP) is 12.5. The molecule has 0 amide bonds. The first kappa shape index (κ1) is 27.8. The third kappa shape index (κ3) is 4.88. The summed E-state index contributed by atoms with van der Waals surface area (Å²) in [5, 5.41) is 2.60. The molecule has 3 heteroatoms. The largest absolute Gasteiger partial charge is 0.309 e. The van der Waals surface area contributed by atoms with E-state index >= 15 is 0 Å². The van der Waals surface area contributed by atoms with Crippen LogP contribution in [0.25, 0.3) is 38.6 Å². The average Bonchev–Trinajstić information content (AvgIpc) is 3.43. The molecule has 0 spiro atoms. The highest BCUT2D eigenvalue weighted by molar-refractivity contribution is 9.10. The number of unbranched alkanes of at least 4 members (excludes halogenated alkanes) is 6. The van der Waals surface area contributed by atoms with Gasteiger partial charge in [0, 0.05) is 30.8 Å². The first-order chi connectivity index (χ1) is 19.6. The molecule has 1 aromatic heterocycles. The molecular weight excluding hydrogens is 618 g/mol. The van der Waals surface area contributed by atoms with Gasteiger partial charge in [0.1, 0.15) is 0 Å². The summed E-state index contributed by atoms with van der Waals surface area (Å²) in [6.45, 7) is 4.63. The van der Waals surface area contributed by atoms with Crippen LogP contribution in [0.15, 0.2) is 87.8 Å². The van der Waals surface area contributed by atoms with Crippen molar-refractivity contribution in [1.29, 1.82) is 0 Å². The lowest BCUT2D eigenvalue weighted by Gasteiger charge is -2.33. The molecule has 4 aromatic carbocycles. The minimum atomic E-state index is 0.0632. The molecule has 1 heterocycles. The number of fused-ring (bicyclic) bond motifs is 6. The van der Waals surface area contributed by atoms with E-state index in [1.807, 2.05) is 0 Å². The standard InChI is InChI=1S/C37H39Br2N/c1-3-5-7-11-21-37(22-12-8-6-4-2)33-24-27(39)15-18-29(33)30-19-17-28(25-34(30)37)40-35-14-10-9-13-31(35)32-23-26(38)16-20-36(32)40/h9-10,13-20,23-25H,3-8,11-12,21-22H2,1-2H3. The monoisotopic (exact) mass is 655 g/mol. The number of aromatic nitrogens is 1. The van der Waals surface area contributed by atoms with Gasteiger partial charge in [0.05, 0.1) is 11.0 Å². The molecule has 0 unspecified atom stereocenters. The van der Waals surface area contributed by atoms with E-state index < -0.39 is 0 Å². The maximum Gasteiger partial charge on any atom is 0.0541 e. The SMILES string of the molecule is CCCCCCC1(CCCCCC)c2cc(Br)ccc2-c2ccc(-n3c4ccccc4c4cc(Br)ccc43)cc21. The molecule has 1 aliphatic carbocycles. The third-order valence-electron chi connectivity index (χ3n) is 9.11. The fraction of sp³-hybridized carbons (Fsp3) is 0.351. The van der Waals surface area contributed by atoms with Gasteiger partial charge in [0.25, 0.3) is 0 Å². The highest BCUT2D eigenvalue weighted by Gasteiger charge is 2.42. The minimum absolute atomic E-state index is 0.0632. The van der Waals surface area contributed by atoms with Gasteiger partial charge in [-0.25, -0.2) is 0 Å². The number of benzene rings is 4. The van der Waals surface area contributed by atoms with Gasteiger partial charge >= 0.3 is 0 Å². The van der Waals surface area contributed by atoms with E-state index in [0.717, 1.165) is 4.47 Å². The molecule has 0 saturated carbocycles. The quantitative estimate of drug-likeness (QED) is 0.125. The molecule has 0 saturated heterocycles. The molecule has 0 radical (unpaired) electrons. The Kier molecular flexibility index (Phi) is 8.24. The van der Waals surface area contributed by atoms with Crippen molar-refractivity contribution in [1.82, 2.24) is 4.57 Å². The second-order valence-corrected chi connectivity index (χ2v) is 13.5. The molecule has 5 aromatic rings. The van der Waals surface area contributed by atoms with Gasteiger partial charge in [-0.15, -0.1) is 0 Å². The summed E-state index contributed by atoms with van der Waals surface area (Å²) in [4.78, 5) is 0. The molecule has 1 nitrogen and oxygen atoms in total. The summed E-state index contributed by atoms with van der Waals surface area (Å²) < 4.78 is 4.80. The molecule has 0 bridgehead atoms. The van der Waals surface area contributed by atoms with Crippen molar-refractivity contribution in [3.8, 4) is 16.8 Å². The van der Waals surface area contributed by atoms with Crippen LogP contribution in [0, 0.1) is 0 Å². The maximum atomic E-state index is 3.85. The number of rotatable bonds is 11. The number of halogens is 2. The van der Waals surface area contributed by atoms with Gasteiger partial charge in [-0.2, -0.15) is 0 Å². The van der Waals surface area contributed by atoms with Crippen LogP contribution in [0.2, 0.25) is 0 Å². The molecule has 6 rings (SSSR count). The van der Waals surface area contributed by atoms with Crippen molar-refractivity contribution in [2.24, 2.45) is 0 Å². The van der Waals surface area contributed by atoms with Crippen LogP contribution in [0.4, 0.5) is 0 Å². The zero-order chi connectivity index (χ0) is 27.7. The highest BCUT2D eigenvalue weighted by atomic mass is 79.9. The fourth-order valence-electron chi connectivity index (χ4n) is 7.19. The first-order valence-corrected chi connectivity index (χ1v) is 16.8. The van der Waals surface area contributed by atoms with Crippen molar-refractivity contribution in [2.75, 3.05) is 0 Å². The summed E-state index contributed by atoms with van der Waals surface area (Å²) in [7, 11) is 0. The van der Waals surface area contributed by atoms with Crippen molar-refractivity contribution in [3.63, 3.8) is 0 Å². The normalized spacial score (nSPS) is 13.7. The summed E-state index contributed by atoms with van der Waals surface area (Å²) in [5.41, 5.74) is 9.80. The smallest absolute Gasteiger partial charge is 0.0541 e. The topological polar surface area (TPSA) is 4.93 Å².